The molecule has 21 heavy (non-hydrogen) atoms. The molecule has 0 spiro atoms. The molecular weight excluding hydrogens is 279 g/mol. The number of nitrogens with two attached hydrogens (primary N) is 1. The van der Waals surface area contributed by atoms with Gasteiger partial charge in [0.1, 0.15) is 6.61 Å². The van der Waals surface area contributed by atoms with Gasteiger partial charge < -0.3 is 10.5 Å². The maximum absolute atomic E-state index is 12.6. The first kappa shape index (κ1) is 13.2. The van der Waals surface area contributed by atoms with Gasteiger partial charge in [0, 0.05) is 5.54 Å². The van der Waals surface area contributed by atoms with E-state index in [2.05, 4.69) is 0 Å². The fourth-order valence-electron chi connectivity index (χ4n) is 7.33. The van der Waals surface area contributed by atoms with Crippen LogP contribution in [0.3, 0.4) is 0 Å². The molecule has 7 fully saturated rings. The Balaban J connectivity index is 1.45. The van der Waals surface area contributed by atoms with Gasteiger partial charge in [-0.05, 0) is 74.0 Å². The molecule has 8 bridgehead atoms. The molecule has 7 aliphatic carbocycles. The third-order valence-corrected chi connectivity index (χ3v) is 7.59. The summed E-state index contributed by atoms with van der Waals surface area (Å²) < 4.78 is 43.2. The number of alkyl halides is 3. The van der Waals surface area contributed by atoms with Crippen LogP contribution in [0.4, 0.5) is 13.2 Å². The maximum atomic E-state index is 12.6. The first-order chi connectivity index (χ1) is 9.78. The van der Waals surface area contributed by atoms with Crippen LogP contribution in [0.25, 0.3) is 0 Å². The molecule has 118 valence electrons. The second-order valence-corrected chi connectivity index (χ2v) is 8.66. The minimum absolute atomic E-state index is 0.0493. The summed E-state index contributed by atoms with van der Waals surface area (Å²) in [5.74, 6) is 3.78. The highest BCUT2D eigenvalue weighted by atomic mass is 19.4. The third-order valence-electron chi connectivity index (χ3n) is 7.59. The molecule has 5 heteroatoms. The lowest BCUT2D eigenvalue weighted by molar-refractivity contribution is -0.293. The summed E-state index contributed by atoms with van der Waals surface area (Å²) in [6, 6.07) is 0. The lowest BCUT2D eigenvalue weighted by atomic mass is 9.33. The molecule has 7 saturated carbocycles. The Morgan fingerprint density at radius 2 is 1.19 bits per heavy atom. The van der Waals surface area contributed by atoms with E-state index < -0.39 is 18.4 Å². The summed E-state index contributed by atoms with van der Waals surface area (Å²) in [5.41, 5.74) is 6.15. The highest BCUT2D eigenvalue weighted by Gasteiger charge is 2.70. The lowest BCUT2D eigenvalue weighted by Crippen LogP contribution is -2.73. The van der Waals surface area contributed by atoms with Crippen molar-refractivity contribution in [1.82, 2.24) is 0 Å². The topological polar surface area (TPSA) is 35.2 Å². The molecule has 0 saturated heterocycles. The fraction of sp³-hybridized carbons (Fsp3) is 1.00. The Morgan fingerprint density at radius 1 is 0.810 bits per heavy atom. The van der Waals surface area contributed by atoms with Crippen LogP contribution < -0.4 is 5.73 Å². The zero-order valence-corrected chi connectivity index (χ0v) is 12.0. The first-order valence-corrected chi connectivity index (χ1v) is 8.27. The second kappa shape index (κ2) is 3.61. The van der Waals surface area contributed by atoms with Crippen LogP contribution in [0.15, 0.2) is 0 Å². The van der Waals surface area contributed by atoms with Crippen molar-refractivity contribution in [2.45, 2.75) is 55.8 Å². The first-order valence-electron chi connectivity index (χ1n) is 8.27. The average Bonchev–Trinajstić information content (AvgIpc) is 2.40. The molecule has 0 amide bonds. The number of ether oxygens (including phenoxy) is 1. The van der Waals surface area contributed by atoms with Crippen molar-refractivity contribution in [3.63, 3.8) is 0 Å². The van der Waals surface area contributed by atoms with Gasteiger partial charge in [-0.3, -0.25) is 0 Å². The van der Waals surface area contributed by atoms with E-state index in [0.717, 1.165) is 38.5 Å². The Hall–Kier alpha value is -0.290. The van der Waals surface area contributed by atoms with Crippen molar-refractivity contribution in [3.05, 3.63) is 0 Å². The van der Waals surface area contributed by atoms with Crippen molar-refractivity contribution in [3.8, 4) is 0 Å². The van der Waals surface area contributed by atoms with Crippen LogP contribution in [-0.4, -0.2) is 23.9 Å². The van der Waals surface area contributed by atoms with E-state index >= 15 is 0 Å². The molecule has 0 aliphatic heterocycles. The number of hydrogen-bond acceptors (Lipinski definition) is 2. The predicted octanol–water partition coefficient (Wildman–Crippen LogP) is 3.11. The standard InChI is InChI=1S/C16H22F3NO/c17-16(18,19)7-21-15-4-11-8-1-14(20)2-9(11)13(6-15)10(3-14)12(8)5-15/h8-13H,1-7,20H2. The van der Waals surface area contributed by atoms with E-state index in [1.165, 1.54) is 0 Å². The normalized spacial score (nSPS) is 60.0. The summed E-state index contributed by atoms with van der Waals surface area (Å²) in [5, 5.41) is 0. The van der Waals surface area contributed by atoms with Crippen molar-refractivity contribution < 1.29 is 17.9 Å². The summed E-state index contributed by atoms with van der Waals surface area (Å²) in [6.45, 7) is -1.07. The Morgan fingerprint density at radius 3 is 1.57 bits per heavy atom. The maximum Gasteiger partial charge on any atom is 0.411 e. The van der Waals surface area contributed by atoms with Gasteiger partial charge in [-0.2, -0.15) is 13.2 Å². The van der Waals surface area contributed by atoms with Gasteiger partial charge in [0.2, 0.25) is 0 Å². The molecule has 0 aromatic carbocycles. The molecule has 0 radical (unpaired) electrons. The van der Waals surface area contributed by atoms with Gasteiger partial charge in [0.15, 0.2) is 0 Å². The van der Waals surface area contributed by atoms with Crippen LogP contribution in [0.5, 0.6) is 0 Å². The molecule has 0 heterocycles. The molecule has 2 N–H and O–H groups in total. The van der Waals surface area contributed by atoms with Crippen molar-refractivity contribution in [2.24, 2.45) is 41.2 Å². The summed E-state index contributed by atoms with van der Waals surface area (Å²) >= 11 is 0. The molecule has 7 rings (SSSR count). The van der Waals surface area contributed by atoms with Gasteiger partial charge in [-0.25, -0.2) is 0 Å². The zero-order valence-electron chi connectivity index (χ0n) is 12.0. The second-order valence-electron chi connectivity index (χ2n) is 8.66. The largest absolute Gasteiger partial charge is 0.411 e. The Bertz CT molecular complexity index is 425. The minimum atomic E-state index is -4.21. The molecule has 0 aromatic rings. The predicted molar refractivity (Wildman–Crippen MR) is 70.3 cm³/mol. The van der Waals surface area contributed by atoms with E-state index in [-0.39, 0.29) is 5.54 Å². The van der Waals surface area contributed by atoms with Crippen LogP contribution in [-0.2, 0) is 4.74 Å². The third kappa shape index (κ3) is 1.68. The monoisotopic (exact) mass is 301 g/mol. The quantitative estimate of drug-likeness (QED) is 0.850. The van der Waals surface area contributed by atoms with Gasteiger partial charge in [-0.1, -0.05) is 0 Å². The minimum Gasteiger partial charge on any atom is -0.366 e. The van der Waals surface area contributed by atoms with Gasteiger partial charge in [0.05, 0.1) is 5.60 Å². The van der Waals surface area contributed by atoms with Crippen LogP contribution in [0, 0.1) is 35.5 Å². The van der Waals surface area contributed by atoms with E-state index in [1.807, 2.05) is 0 Å². The van der Waals surface area contributed by atoms with Crippen molar-refractivity contribution >= 4 is 0 Å². The van der Waals surface area contributed by atoms with E-state index in [1.54, 1.807) is 0 Å². The van der Waals surface area contributed by atoms with Crippen molar-refractivity contribution in [2.75, 3.05) is 6.61 Å². The average molecular weight is 301 g/mol. The summed E-state index contributed by atoms with van der Waals surface area (Å²) in [7, 11) is 0. The van der Waals surface area contributed by atoms with Gasteiger partial charge in [-0.15, -0.1) is 0 Å². The Labute approximate surface area is 122 Å². The van der Waals surface area contributed by atoms with Gasteiger partial charge >= 0.3 is 6.18 Å². The number of hydrogen-bond donors (Lipinski definition) is 1. The molecule has 0 aromatic heterocycles. The van der Waals surface area contributed by atoms with E-state index in [0.29, 0.717) is 35.5 Å². The number of halogens is 3. The summed E-state index contributed by atoms with van der Waals surface area (Å²) in [4.78, 5) is 0. The van der Waals surface area contributed by atoms with Crippen LogP contribution in [0.1, 0.15) is 38.5 Å². The molecule has 2 nitrogen and oxygen atoms in total. The van der Waals surface area contributed by atoms with Crippen molar-refractivity contribution in [1.29, 1.82) is 0 Å². The molecular formula is C16H22F3NO. The molecule has 7 aliphatic rings. The number of rotatable bonds is 2. The zero-order chi connectivity index (χ0) is 14.6. The summed E-state index contributed by atoms with van der Waals surface area (Å²) in [6.07, 6.45) is 1.69. The van der Waals surface area contributed by atoms with Crippen LogP contribution >= 0.6 is 0 Å². The van der Waals surface area contributed by atoms with Gasteiger partial charge in [0.25, 0.3) is 0 Å². The Kier molecular flexibility index (Phi) is 2.27. The fourth-order valence-corrected chi connectivity index (χ4v) is 7.33. The molecule has 0 atom stereocenters. The van der Waals surface area contributed by atoms with E-state index in [9.17, 15) is 13.2 Å². The lowest BCUT2D eigenvalue weighted by Gasteiger charge is -2.74. The molecule has 0 unspecified atom stereocenters. The van der Waals surface area contributed by atoms with Crippen LogP contribution in [0.2, 0.25) is 0 Å². The smallest absolute Gasteiger partial charge is 0.366 e. The van der Waals surface area contributed by atoms with E-state index in [4.69, 9.17) is 10.5 Å². The highest BCUT2D eigenvalue weighted by molar-refractivity contribution is 5.21. The SMILES string of the molecule is NC12CC3C4CC5(OCC(F)(F)F)CC3C(C1)C(C5)C4C2. The highest BCUT2D eigenvalue weighted by Crippen LogP contribution is 2.73.